The maximum absolute atomic E-state index is 3.77. The first-order valence-corrected chi connectivity index (χ1v) is 8.82. The molecule has 0 spiro atoms. The minimum Gasteiger partial charge on any atom is -0.311 e. The van der Waals surface area contributed by atoms with Crippen LogP contribution in [0.1, 0.15) is 38.2 Å². The zero-order valence-corrected chi connectivity index (χ0v) is 13.2. The van der Waals surface area contributed by atoms with E-state index in [0.717, 1.165) is 24.4 Å². The summed E-state index contributed by atoms with van der Waals surface area (Å²) in [4.78, 5) is 2.86. The van der Waals surface area contributed by atoms with Gasteiger partial charge in [0.1, 0.15) is 0 Å². The molecule has 21 heavy (non-hydrogen) atoms. The molecule has 2 aliphatic carbocycles. The molecule has 3 aliphatic rings. The van der Waals surface area contributed by atoms with Crippen LogP contribution in [0.15, 0.2) is 30.3 Å². The van der Waals surface area contributed by atoms with E-state index in [9.17, 15) is 0 Å². The van der Waals surface area contributed by atoms with Gasteiger partial charge < -0.3 is 5.32 Å². The average Bonchev–Trinajstić information content (AvgIpc) is 3.13. The molecule has 1 N–H and O–H groups in total. The predicted octanol–water partition coefficient (Wildman–Crippen LogP) is 3.08. The number of hydrogen-bond donors (Lipinski definition) is 1. The van der Waals surface area contributed by atoms with Gasteiger partial charge >= 0.3 is 0 Å². The highest BCUT2D eigenvalue weighted by atomic mass is 15.3. The summed E-state index contributed by atoms with van der Waals surface area (Å²) >= 11 is 0. The molecular formula is C19H28N2. The van der Waals surface area contributed by atoms with E-state index in [1.165, 1.54) is 44.2 Å². The third-order valence-corrected chi connectivity index (χ3v) is 6.15. The summed E-state index contributed by atoms with van der Waals surface area (Å²) in [7, 11) is 0. The maximum atomic E-state index is 3.77. The highest BCUT2D eigenvalue weighted by Crippen LogP contribution is 2.47. The summed E-state index contributed by atoms with van der Waals surface area (Å²) < 4.78 is 0. The van der Waals surface area contributed by atoms with Gasteiger partial charge in [-0.1, -0.05) is 36.8 Å². The van der Waals surface area contributed by atoms with Crippen LogP contribution in [-0.2, 0) is 6.42 Å². The van der Waals surface area contributed by atoms with Crippen molar-refractivity contribution in [2.45, 2.75) is 57.2 Å². The van der Waals surface area contributed by atoms with Crippen LogP contribution in [0.2, 0.25) is 0 Å². The van der Waals surface area contributed by atoms with E-state index in [2.05, 4.69) is 47.5 Å². The zero-order chi connectivity index (χ0) is 14.2. The largest absolute Gasteiger partial charge is 0.311 e. The summed E-state index contributed by atoms with van der Waals surface area (Å²) in [5, 5.41) is 3.77. The number of piperazine rings is 1. The van der Waals surface area contributed by atoms with Crippen molar-refractivity contribution in [2.75, 3.05) is 13.1 Å². The number of hydrogen-bond acceptors (Lipinski definition) is 2. The molecule has 0 aromatic heterocycles. The van der Waals surface area contributed by atoms with Crippen molar-refractivity contribution in [1.29, 1.82) is 0 Å². The minimum absolute atomic E-state index is 0.628. The molecule has 5 unspecified atom stereocenters. The maximum Gasteiger partial charge on any atom is 0.0236 e. The first-order valence-electron chi connectivity index (χ1n) is 8.82. The van der Waals surface area contributed by atoms with Gasteiger partial charge in [0, 0.05) is 31.2 Å². The zero-order valence-electron chi connectivity index (χ0n) is 13.2. The first-order chi connectivity index (χ1) is 10.3. The highest BCUT2D eigenvalue weighted by molar-refractivity contribution is 5.16. The van der Waals surface area contributed by atoms with Crippen molar-refractivity contribution in [3.63, 3.8) is 0 Å². The number of benzene rings is 1. The van der Waals surface area contributed by atoms with E-state index >= 15 is 0 Å². The second-order valence-corrected chi connectivity index (χ2v) is 7.58. The van der Waals surface area contributed by atoms with Crippen molar-refractivity contribution in [3.05, 3.63) is 35.9 Å². The molecule has 1 heterocycles. The van der Waals surface area contributed by atoms with Gasteiger partial charge in [0.15, 0.2) is 0 Å². The van der Waals surface area contributed by atoms with Crippen LogP contribution in [0.5, 0.6) is 0 Å². The average molecular weight is 284 g/mol. The quantitative estimate of drug-likeness (QED) is 0.917. The van der Waals surface area contributed by atoms with Crippen LogP contribution in [0, 0.1) is 11.8 Å². The Hall–Kier alpha value is -0.860. The standard InChI is InChI=1S/C19H28N2/c1-14-12-20-18(10-15-5-3-2-4-6-15)13-21(14)19-11-16-7-8-17(19)9-16/h2-6,14,16-20H,7-13H2,1H3. The lowest BCUT2D eigenvalue weighted by atomic mass is 9.91. The Morgan fingerprint density at radius 2 is 2.00 bits per heavy atom. The fourth-order valence-corrected chi connectivity index (χ4v) is 5.07. The minimum atomic E-state index is 0.628. The SMILES string of the molecule is CC1CNC(Cc2ccccc2)CN1C1CC2CCC1C2. The monoisotopic (exact) mass is 284 g/mol. The smallest absolute Gasteiger partial charge is 0.0236 e. The summed E-state index contributed by atoms with van der Waals surface area (Å²) in [6.45, 7) is 4.81. The Morgan fingerprint density at radius 3 is 2.71 bits per heavy atom. The summed E-state index contributed by atoms with van der Waals surface area (Å²) in [5.41, 5.74) is 1.47. The van der Waals surface area contributed by atoms with Gasteiger partial charge in [-0.15, -0.1) is 0 Å². The molecule has 1 aromatic carbocycles. The van der Waals surface area contributed by atoms with Crippen molar-refractivity contribution < 1.29 is 0 Å². The molecule has 1 aromatic rings. The van der Waals surface area contributed by atoms with Gasteiger partial charge in [-0.2, -0.15) is 0 Å². The van der Waals surface area contributed by atoms with Crippen LogP contribution in [0.25, 0.3) is 0 Å². The molecule has 0 radical (unpaired) electrons. The molecule has 114 valence electrons. The van der Waals surface area contributed by atoms with E-state index in [0.29, 0.717) is 12.1 Å². The van der Waals surface area contributed by atoms with Crippen molar-refractivity contribution in [2.24, 2.45) is 11.8 Å². The van der Waals surface area contributed by atoms with Crippen LogP contribution >= 0.6 is 0 Å². The molecule has 2 bridgehead atoms. The van der Waals surface area contributed by atoms with E-state index in [4.69, 9.17) is 0 Å². The van der Waals surface area contributed by atoms with Gasteiger partial charge in [-0.25, -0.2) is 0 Å². The molecule has 2 nitrogen and oxygen atoms in total. The number of nitrogens with zero attached hydrogens (tertiary/aromatic N) is 1. The van der Waals surface area contributed by atoms with Gasteiger partial charge in [0.05, 0.1) is 0 Å². The Balaban J connectivity index is 1.42. The number of nitrogens with one attached hydrogen (secondary N) is 1. The van der Waals surface area contributed by atoms with Gasteiger partial charge in [-0.05, 0) is 50.0 Å². The molecule has 2 heteroatoms. The Bertz CT molecular complexity index is 472. The second-order valence-electron chi connectivity index (χ2n) is 7.58. The topological polar surface area (TPSA) is 15.3 Å². The fourth-order valence-electron chi connectivity index (χ4n) is 5.07. The molecule has 1 aliphatic heterocycles. The molecule has 2 saturated carbocycles. The lowest BCUT2D eigenvalue weighted by molar-refractivity contribution is 0.0610. The Kier molecular flexibility index (Phi) is 3.76. The van der Waals surface area contributed by atoms with Crippen LogP contribution < -0.4 is 5.32 Å². The van der Waals surface area contributed by atoms with Crippen LogP contribution in [0.3, 0.4) is 0 Å². The molecule has 1 saturated heterocycles. The number of rotatable bonds is 3. The van der Waals surface area contributed by atoms with E-state index in [1.54, 1.807) is 0 Å². The van der Waals surface area contributed by atoms with Crippen molar-refractivity contribution in [1.82, 2.24) is 10.2 Å². The van der Waals surface area contributed by atoms with E-state index in [1.807, 2.05) is 0 Å². The molecule has 4 rings (SSSR count). The summed E-state index contributed by atoms with van der Waals surface area (Å²) in [6.07, 6.45) is 7.17. The highest BCUT2D eigenvalue weighted by Gasteiger charge is 2.44. The third-order valence-electron chi connectivity index (χ3n) is 6.15. The fraction of sp³-hybridized carbons (Fsp3) is 0.684. The number of fused-ring (bicyclic) bond motifs is 2. The van der Waals surface area contributed by atoms with Crippen LogP contribution in [0.4, 0.5) is 0 Å². The van der Waals surface area contributed by atoms with E-state index < -0.39 is 0 Å². The van der Waals surface area contributed by atoms with Crippen molar-refractivity contribution >= 4 is 0 Å². The van der Waals surface area contributed by atoms with Crippen LogP contribution in [-0.4, -0.2) is 36.1 Å². The summed E-state index contributed by atoms with van der Waals surface area (Å²) in [6, 6.07) is 13.2. The molecule has 0 amide bonds. The van der Waals surface area contributed by atoms with Gasteiger partial charge in [0.2, 0.25) is 0 Å². The van der Waals surface area contributed by atoms with E-state index in [-0.39, 0.29) is 0 Å². The molecule has 3 fully saturated rings. The Labute approximate surface area is 128 Å². The lowest BCUT2D eigenvalue weighted by Gasteiger charge is -2.45. The Morgan fingerprint density at radius 1 is 1.14 bits per heavy atom. The normalized spacial score (nSPS) is 39.8. The molecule has 5 atom stereocenters. The predicted molar refractivity (Wildman–Crippen MR) is 87.3 cm³/mol. The third kappa shape index (κ3) is 2.76. The van der Waals surface area contributed by atoms with Gasteiger partial charge in [-0.3, -0.25) is 4.90 Å². The van der Waals surface area contributed by atoms with Crippen molar-refractivity contribution in [3.8, 4) is 0 Å². The molecular weight excluding hydrogens is 256 g/mol. The second kappa shape index (κ2) is 5.73. The summed E-state index contributed by atoms with van der Waals surface area (Å²) in [5.74, 6) is 2.06. The first kappa shape index (κ1) is 13.8. The van der Waals surface area contributed by atoms with Gasteiger partial charge in [0.25, 0.3) is 0 Å². The lowest BCUT2D eigenvalue weighted by Crippen LogP contribution is -2.59.